The van der Waals surface area contributed by atoms with Gasteiger partial charge in [-0.1, -0.05) is 26.8 Å². The normalized spacial score (nSPS) is 14.9. The van der Waals surface area contributed by atoms with Gasteiger partial charge in [-0.05, 0) is 75.1 Å². The lowest BCUT2D eigenvalue weighted by Gasteiger charge is -2.26. The molecule has 198 valence electrons. The van der Waals surface area contributed by atoms with Crippen LogP contribution in [0, 0.1) is 5.41 Å². The van der Waals surface area contributed by atoms with Crippen molar-refractivity contribution in [3.8, 4) is 0 Å². The molecule has 1 amide bonds. The van der Waals surface area contributed by atoms with Gasteiger partial charge in [0.05, 0.1) is 19.3 Å². The lowest BCUT2D eigenvalue weighted by molar-refractivity contribution is 0.101. The first-order valence-corrected chi connectivity index (χ1v) is 12.9. The number of ether oxygens (including phenoxy) is 2. The Bertz CT molecular complexity index is 807. The van der Waals surface area contributed by atoms with Gasteiger partial charge in [0.15, 0.2) is 0 Å². The molecule has 1 aromatic rings. The summed E-state index contributed by atoms with van der Waals surface area (Å²) >= 11 is 0. The van der Waals surface area contributed by atoms with Crippen LogP contribution in [-0.2, 0) is 22.3 Å². The van der Waals surface area contributed by atoms with E-state index in [-0.39, 0.29) is 11.2 Å². The van der Waals surface area contributed by atoms with E-state index in [9.17, 15) is 9.90 Å². The molecule has 2 heterocycles. The number of aromatic nitrogens is 1. The van der Waals surface area contributed by atoms with Crippen molar-refractivity contribution in [2.45, 2.75) is 72.3 Å². The quantitative estimate of drug-likeness (QED) is 0.257. The number of allylic oxidation sites excluding steroid dienone is 1. The molecule has 0 saturated heterocycles. The van der Waals surface area contributed by atoms with Crippen molar-refractivity contribution in [3.05, 3.63) is 35.2 Å². The molecule has 0 bridgehead atoms. The van der Waals surface area contributed by atoms with E-state index in [4.69, 9.17) is 14.5 Å². The minimum Gasteiger partial charge on any atom is -0.510 e. The Morgan fingerprint density at radius 1 is 1.29 bits per heavy atom. The molecule has 1 aliphatic rings. The second kappa shape index (κ2) is 14.9. The molecule has 0 radical (unpaired) electrons. The summed E-state index contributed by atoms with van der Waals surface area (Å²) in [5, 5.41) is 16.6. The maximum absolute atomic E-state index is 12.3. The van der Waals surface area contributed by atoms with E-state index in [2.05, 4.69) is 27.7 Å². The molecular formula is C27H46N4O4. The zero-order valence-corrected chi connectivity index (χ0v) is 22.4. The number of nitrogens with one attached hydrogen (secondary N) is 2. The number of nitrogens with zero attached hydrogens (tertiary/aromatic N) is 2. The van der Waals surface area contributed by atoms with Crippen molar-refractivity contribution in [1.82, 2.24) is 15.2 Å². The molecule has 1 unspecified atom stereocenters. The number of aliphatic hydroxyl groups is 1. The van der Waals surface area contributed by atoms with Gasteiger partial charge in [-0.3, -0.25) is 0 Å². The Labute approximate surface area is 211 Å². The molecule has 8 nitrogen and oxygen atoms in total. The van der Waals surface area contributed by atoms with Gasteiger partial charge >= 0.3 is 6.09 Å². The summed E-state index contributed by atoms with van der Waals surface area (Å²) in [6.45, 7) is 12.2. The van der Waals surface area contributed by atoms with E-state index in [0.717, 1.165) is 63.4 Å². The number of amides is 1. The van der Waals surface area contributed by atoms with Gasteiger partial charge in [-0.15, -0.1) is 0 Å². The summed E-state index contributed by atoms with van der Waals surface area (Å²) in [5.74, 6) is 1.20. The van der Waals surface area contributed by atoms with E-state index in [0.29, 0.717) is 19.6 Å². The second-order valence-corrected chi connectivity index (χ2v) is 10.5. The van der Waals surface area contributed by atoms with Crippen molar-refractivity contribution in [3.63, 3.8) is 0 Å². The number of hydrogen-bond acceptors (Lipinski definition) is 7. The lowest BCUT2D eigenvalue weighted by Crippen LogP contribution is -2.41. The van der Waals surface area contributed by atoms with Crippen molar-refractivity contribution in [2.75, 3.05) is 51.8 Å². The van der Waals surface area contributed by atoms with Crippen LogP contribution in [0.15, 0.2) is 24.0 Å². The Balaban J connectivity index is 1.82. The topological polar surface area (TPSA) is 96.0 Å². The van der Waals surface area contributed by atoms with Crippen LogP contribution in [-0.4, -0.2) is 73.6 Å². The number of hydrogen-bond donors (Lipinski definition) is 3. The third-order valence-electron chi connectivity index (χ3n) is 6.04. The number of aliphatic hydroxyl groups excluding tert-OH is 1. The van der Waals surface area contributed by atoms with Gasteiger partial charge < -0.3 is 30.1 Å². The van der Waals surface area contributed by atoms with Crippen LogP contribution in [0.25, 0.3) is 0 Å². The Kier molecular flexibility index (Phi) is 12.3. The minimum atomic E-state index is -0.506. The highest BCUT2D eigenvalue weighted by molar-refractivity contribution is 5.68. The summed E-state index contributed by atoms with van der Waals surface area (Å²) in [5.41, 5.74) is 2.34. The fraction of sp³-hybridized carbons (Fsp3) is 0.704. The largest absolute Gasteiger partial charge is 0.510 e. The van der Waals surface area contributed by atoms with E-state index >= 15 is 0 Å². The molecule has 0 spiro atoms. The van der Waals surface area contributed by atoms with Gasteiger partial charge in [0.2, 0.25) is 0 Å². The van der Waals surface area contributed by atoms with Crippen LogP contribution in [0.4, 0.5) is 10.6 Å². The smallest absolute Gasteiger partial charge is 0.407 e. The molecule has 8 heteroatoms. The van der Waals surface area contributed by atoms with Crippen molar-refractivity contribution < 1.29 is 19.4 Å². The lowest BCUT2D eigenvalue weighted by atomic mass is 9.99. The fourth-order valence-corrected chi connectivity index (χ4v) is 3.98. The number of methoxy groups -OCH3 is 1. The number of carbonyl (C=O) groups is 1. The zero-order chi connectivity index (χ0) is 25.7. The van der Waals surface area contributed by atoms with Crippen molar-refractivity contribution in [2.24, 2.45) is 5.41 Å². The van der Waals surface area contributed by atoms with Crippen LogP contribution < -0.4 is 10.6 Å². The van der Waals surface area contributed by atoms with Gasteiger partial charge in [0.1, 0.15) is 11.6 Å². The summed E-state index contributed by atoms with van der Waals surface area (Å²) in [7, 11) is 1.70. The molecule has 0 aromatic carbocycles. The van der Waals surface area contributed by atoms with Crippen LogP contribution in [0.3, 0.4) is 0 Å². The van der Waals surface area contributed by atoms with Gasteiger partial charge in [0, 0.05) is 32.4 Å². The highest BCUT2D eigenvalue weighted by Crippen LogP contribution is 2.20. The van der Waals surface area contributed by atoms with Crippen molar-refractivity contribution in [1.29, 1.82) is 0 Å². The van der Waals surface area contributed by atoms with E-state index in [1.165, 1.54) is 12.0 Å². The first kappa shape index (κ1) is 28.9. The van der Waals surface area contributed by atoms with Crippen LogP contribution >= 0.6 is 0 Å². The number of rotatable bonds is 14. The molecule has 0 aliphatic carbocycles. The van der Waals surface area contributed by atoms with Crippen LogP contribution in [0.5, 0.6) is 0 Å². The van der Waals surface area contributed by atoms with Gasteiger partial charge in [-0.25, -0.2) is 9.78 Å². The minimum absolute atomic E-state index is 0.114. The maximum atomic E-state index is 12.3. The number of unbranched alkanes of at least 4 members (excludes halogenated alkanes) is 1. The number of alkyl carbamates (subject to hydrolysis) is 1. The number of anilines is 1. The summed E-state index contributed by atoms with van der Waals surface area (Å²) in [6.07, 6.45) is 7.03. The summed E-state index contributed by atoms with van der Waals surface area (Å²) in [4.78, 5) is 19.4. The van der Waals surface area contributed by atoms with Crippen molar-refractivity contribution >= 4 is 11.9 Å². The maximum Gasteiger partial charge on any atom is 0.407 e. The Morgan fingerprint density at radius 3 is 2.80 bits per heavy atom. The summed E-state index contributed by atoms with van der Waals surface area (Å²) in [6, 6.07) is 3.88. The molecule has 3 N–H and O–H groups in total. The number of aryl methyl sites for hydroxylation is 2. The highest BCUT2D eigenvalue weighted by Gasteiger charge is 2.20. The predicted octanol–water partition coefficient (Wildman–Crippen LogP) is 4.70. The van der Waals surface area contributed by atoms with E-state index in [1.807, 2.05) is 20.8 Å². The third-order valence-corrected chi connectivity index (χ3v) is 6.04. The standard InChI is InChI=1S/C27H46N4O4/c1-6-24(32)23(30-26(33)35-20-27(2,3)4)14-17-31(18-19-34-5)16-8-7-11-22-13-12-21-10-9-15-28-25(21)29-22/h6,12-13,23,32H,7-11,14-20H2,1-5H3,(H,28,29)(H,30,33)/b24-6+. The van der Waals surface area contributed by atoms with Crippen LogP contribution in [0.1, 0.15) is 64.6 Å². The summed E-state index contributed by atoms with van der Waals surface area (Å²) < 4.78 is 10.6. The molecule has 0 saturated carbocycles. The molecule has 0 fully saturated rings. The molecule has 35 heavy (non-hydrogen) atoms. The van der Waals surface area contributed by atoms with Gasteiger partial charge in [0.25, 0.3) is 0 Å². The molecule has 1 aromatic heterocycles. The fourth-order valence-electron chi connectivity index (χ4n) is 3.98. The van der Waals surface area contributed by atoms with E-state index < -0.39 is 12.1 Å². The second-order valence-electron chi connectivity index (χ2n) is 10.5. The molecule has 1 atom stereocenters. The number of pyridine rings is 1. The third kappa shape index (κ3) is 11.3. The number of fused-ring (bicyclic) bond motifs is 1. The first-order valence-electron chi connectivity index (χ1n) is 12.9. The first-order chi connectivity index (χ1) is 16.7. The van der Waals surface area contributed by atoms with Crippen LogP contribution in [0.2, 0.25) is 0 Å². The number of carbonyl (C=O) groups excluding carboxylic acids is 1. The molecular weight excluding hydrogens is 444 g/mol. The Hall–Kier alpha value is -2.32. The Morgan fingerprint density at radius 2 is 2.09 bits per heavy atom. The monoisotopic (exact) mass is 490 g/mol. The average Bonchev–Trinajstić information content (AvgIpc) is 2.84. The van der Waals surface area contributed by atoms with E-state index in [1.54, 1.807) is 20.1 Å². The van der Waals surface area contributed by atoms with Gasteiger partial charge in [-0.2, -0.15) is 0 Å². The predicted molar refractivity (Wildman–Crippen MR) is 141 cm³/mol. The zero-order valence-electron chi connectivity index (χ0n) is 22.4. The highest BCUT2D eigenvalue weighted by atomic mass is 16.5. The average molecular weight is 491 g/mol. The molecule has 2 rings (SSSR count). The molecule has 1 aliphatic heterocycles. The SMILES string of the molecule is C/C=C(/O)C(CCN(CCCCc1ccc2c(n1)NCCC2)CCOC)NC(=O)OCC(C)(C)C.